The Hall–Kier alpha value is -2.37. The summed E-state index contributed by atoms with van der Waals surface area (Å²) in [6.07, 6.45) is 1.61. The van der Waals surface area contributed by atoms with E-state index < -0.39 is 0 Å². The van der Waals surface area contributed by atoms with Crippen LogP contribution in [0.2, 0.25) is 0 Å². The molecule has 124 valence electrons. The number of methoxy groups -OCH3 is 1. The van der Waals surface area contributed by atoms with Gasteiger partial charge in [-0.3, -0.25) is 4.79 Å². The van der Waals surface area contributed by atoms with Gasteiger partial charge in [-0.25, -0.2) is 0 Å². The lowest BCUT2D eigenvalue weighted by Crippen LogP contribution is -2.13. The van der Waals surface area contributed by atoms with Crippen LogP contribution in [0.25, 0.3) is 0 Å². The van der Waals surface area contributed by atoms with Gasteiger partial charge in [-0.05, 0) is 18.6 Å². The van der Waals surface area contributed by atoms with Crippen molar-refractivity contribution in [1.29, 1.82) is 0 Å². The average molecular weight is 317 g/mol. The molecule has 6 heteroatoms. The van der Waals surface area contributed by atoms with E-state index in [-0.39, 0.29) is 11.3 Å². The van der Waals surface area contributed by atoms with Gasteiger partial charge in [-0.2, -0.15) is 4.98 Å². The highest BCUT2D eigenvalue weighted by Crippen LogP contribution is 2.23. The van der Waals surface area contributed by atoms with Gasteiger partial charge in [0.2, 0.25) is 11.8 Å². The fourth-order valence-corrected chi connectivity index (χ4v) is 2.02. The van der Waals surface area contributed by atoms with Crippen molar-refractivity contribution in [2.45, 2.75) is 45.4 Å². The SMILES string of the molecule is COc1ccccc1NC(=O)CCCc1nc(C(C)(C)C)no1. The Morgan fingerprint density at radius 3 is 2.70 bits per heavy atom. The Morgan fingerprint density at radius 1 is 1.30 bits per heavy atom. The molecule has 1 heterocycles. The first-order valence-corrected chi connectivity index (χ1v) is 7.66. The number of benzene rings is 1. The molecule has 2 aromatic rings. The topological polar surface area (TPSA) is 77.2 Å². The quantitative estimate of drug-likeness (QED) is 0.884. The maximum Gasteiger partial charge on any atom is 0.226 e. The van der Waals surface area contributed by atoms with Gasteiger partial charge < -0.3 is 14.6 Å². The lowest BCUT2D eigenvalue weighted by molar-refractivity contribution is -0.116. The van der Waals surface area contributed by atoms with Crippen LogP contribution in [-0.4, -0.2) is 23.2 Å². The van der Waals surface area contributed by atoms with Crippen molar-refractivity contribution in [3.8, 4) is 5.75 Å². The predicted octanol–water partition coefficient (Wildman–Crippen LogP) is 3.34. The summed E-state index contributed by atoms with van der Waals surface area (Å²) in [6.45, 7) is 6.09. The van der Waals surface area contributed by atoms with Crippen molar-refractivity contribution in [3.63, 3.8) is 0 Å². The van der Waals surface area contributed by atoms with Gasteiger partial charge in [0.1, 0.15) is 5.75 Å². The first-order valence-electron chi connectivity index (χ1n) is 7.66. The standard InChI is InChI=1S/C17H23N3O3/c1-17(2,3)16-19-15(23-20-16)11-7-10-14(21)18-12-8-5-6-9-13(12)22-4/h5-6,8-9H,7,10-11H2,1-4H3,(H,18,21). The first kappa shape index (κ1) is 17.0. The molecule has 1 aromatic heterocycles. The zero-order valence-electron chi connectivity index (χ0n) is 14.0. The van der Waals surface area contributed by atoms with E-state index >= 15 is 0 Å². The van der Waals surface area contributed by atoms with Gasteiger partial charge in [-0.15, -0.1) is 0 Å². The lowest BCUT2D eigenvalue weighted by atomic mass is 9.96. The second-order valence-corrected chi connectivity index (χ2v) is 6.36. The van der Waals surface area contributed by atoms with Crippen molar-refractivity contribution in [3.05, 3.63) is 36.0 Å². The highest BCUT2D eigenvalue weighted by Gasteiger charge is 2.20. The molecule has 2 rings (SSSR count). The third-order valence-electron chi connectivity index (χ3n) is 3.31. The highest BCUT2D eigenvalue weighted by molar-refractivity contribution is 5.92. The number of carbonyl (C=O) groups excluding carboxylic acids is 1. The number of nitrogens with zero attached hydrogens (tertiary/aromatic N) is 2. The second kappa shape index (κ2) is 7.26. The summed E-state index contributed by atoms with van der Waals surface area (Å²) in [7, 11) is 1.58. The minimum absolute atomic E-state index is 0.0648. The largest absolute Gasteiger partial charge is 0.495 e. The van der Waals surface area contributed by atoms with Crippen molar-refractivity contribution in [1.82, 2.24) is 10.1 Å². The molecule has 0 bridgehead atoms. The molecule has 0 radical (unpaired) electrons. The second-order valence-electron chi connectivity index (χ2n) is 6.36. The number of nitrogens with one attached hydrogen (secondary N) is 1. The molecule has 0 unspecified atom stereocenters. The molecule has 1 aromatic carbocycles. The van der Waals surface area contributed by atoms with Crippen LogP contribution >= 0.6 is 0 Å². The number of amides is 1. The maximum absolute atomic E-state index is 12.0. The lowest BCUT2D eigenvalue weighted by Gasteiger charge is -2.10. The Balaban J connectivity index is 1.82. The maximum atomic E-state index is 12.0. The summed E-state index contributed by atoms with van der Waals surface area (Å²) in [4.78, 5) is 16.4. The fraction of sp³-hybridized carbons (Fsp3) is 0.471. The van der Waals surface area contributed by atoms with Gasteiger partial charge >= 0.3 is 0 Å². The average Bonchev–Trinajstić information content (AvgIpc) is 2.97. The van der Waals surface area contributed by atoms with Gasteiger partial charge in [-0.1, -0.05) is 38.1 Å². The van der Waals surface area contributed by atoms with E-state index in [0.717, 1.165) is 0 Å². The molecule has 0 spiro atoms. The van der Waals surface area contributed by atoms with E-state index in [1.165, 1.54) is 0 Å². The molecule has 0 aliphatic rings. The number of para-hydroxylation sites is 2. The van der Waals surface area contributed by atoms with E-state index in [9.17, 15) is 4.79 Å². The van der Waals surface area contributed by atoms with Crippen LogP contribution in [0, 0.1) is 0 Å². The number of aromatic nitrogens is 2. The Kier molecular flexibility index (Phi) is 5.36. The van der Waals surface area contributed by atoms with E-state index in [2.05, 4.69) is 15.5 Å². The summed E-state index contributed by atoms with van der Waals surface area (Å²) >= 11 is 0. The summed E-state index contributed by atoms with van der Waals surface area (Å²) in [5.41, 5.74) is 0.538. The number of carbonyl (C=O) groups is 1. The Labute approximate surface area is 136 Å². The molecule has 0 saturated carbocycles. The van der Waals surface area contributed by atoms with Gasteiger partial charge in [0.05, 0.1) is 12.8 Å². The zero-order chi connectivity index (χ0) is 16.9. The highest BCUT2D eigenvalue weighted by atomic mass is 16.5. The summed E-state index contributed by atoms with van der Waals surface area (Å²) < 4.78 is 10.4. The van der Waals surface area contributed by atoms with E-state index in [1.54, 1.807) is 7.11 Å². The molecule has 0 saturated heterocycles. The van der Waals surface area contributed by atoms with Crippen LogP contribution < -0.4 is 10.1 Å². The van der Waals surface area contributed by atoms with Crippen LogP contribution in [0.1, 0.15) is 45.3 Å². The summed E-state index contributed by atoms with van der Waals surface area (Å²) in [5.74, 6) is 1.84. The number of ether oxygens (including phenoxy) is 1. The van der Waals surface area contributed by atoms with Gasteiger partial charge in [0, 0.05) is 18.3 Å². The minimum atomic E-state index is -0.136. The zero-order valence-corrected chi connectivity index (χ0v) is 14.0. The number of anilines is 1. The summed E-state index contributed by atoms with van der Waals surface area (Å²) in [5, 5.41) is 6.82. The fourth-order valence-electron chi connectivity index (χ4n) is 2.02. The molecule has 0 aliphatic heterocycles. The molecule has 23 heavy (non-hydrogen) atoms. The van der Waals surface area contributed by atoms with Crippen molar-refractivity contribution in [2.24, 2.45) is 0 Å². The van der Waals surface area contributed by atoms with Crippen molar-refractivity contribution >= 4 is 11.6 Å². The van der Waals surface area contributed by atoms with Gasteiger partial charge in [0.15, 0.2) is 5.82 Å². The Bertz CT molecular complexity index is 659. The predicted molar refractivity (Wildman–Crippen MR) is 87.6 cm³/mol. The number of hydrogen-bond donors (Lipinski definition) is 1. The molecule has 0 aliphatic carbocycles. The van der Waals surface area contributed by atoms with Gasteiger partial charge in [0.25, 0.3) is 0 Å². The third-order valence-corrected chi connectivity index (χ3v) is 3.31. The van der Waals surface area contributed by atoms with E-state index in [0.29, 0.717) is 42.4 Å². The minimum Gasteiger partial charge on any atom is -0.495 e. The summed E-state index contributed by atoms with van der Waals surface area (Å²) in [6, 6.07) is 7.33. The van der Waals surface area contributed by atoms with Crippen LogP contribution in [0.4, 0.5) is 5.69 Å². The van der Waals surface area contributed by atoms with Crippen LogP contribution in [0.3, 0.4) is 0 Å². The van der Waals surface area contributed by atoms with Crippen molar-refractivity contribution < 1.29 is 14.1 Å². The van der Waals surface area contributed by atoms with Crippen LogP contribution in [-0.2, 0) is 16.6 Å². The first-order chi connectivity index (χ1) is 10.9. The van der Waals surface area contributed by atoms with E-state index in [4.69, 9.17) is 9.26 Å². The molecule has 1 amide bonds. The molecular weight excluding hydrogens is 294 g/mol. The molecule has 0 fully saturated rings. The normalized spacial score (nSPS) is 11.3. The smallest absolute Gasteiger partial charge is 0.226 e. The molecule has 0 atom stereocenters. The third kappa shape index (κ3) is 4.81. The van der Waals surface area contributed by atoms with Crippen molar-refractivity contribution in [2.75, 3.05) is 12.4 Å². The number of rotatable bonds is 6. The molecule has 1 N–H and O–H groups in total. The van der Waals surface area contributed by atoms with Crippen LogP contribution in [0.15, 0.2) is 28.8 Å². The van der Waals surface area contributed by atoms with E-state index in [1.807, 2.05) is 45.0 Å². The number of aryl methyl sites for hydroxylation is 1. The van der Waals surface area contributed by atoms with Crippen LogP contribution in [0.5, 0.6) is 5.75 Å². The molecule has 6 nitrogen and oxygen atoms in total. The monoisotopic (exact) mass is 317 g/mol. The number of hydrogen-bond acceptors (Lipinski definition) is 5. The Morgan fingerprint density at radius 2 is 2.04 bits per heavy atom. The molecular formula is C17H23N3O3.